The van der Waals surface area contributed by atoms with E-state index in [-0.39, 0.29) is 11.8 Å². The Morgan fingerprint density at radius 3 is 3.00 bits per heavy atom. The van der Waals surface area contributed by atoms with Crippen LogP contribution < -0.4 is 5.32 Å². The highest BCUT2D eigenvalue weighted by atomic mass is 35.5. The van der Waals surface area contributed by atoms with Crippen molar-refractivity contribution in [3.05, 3.63) is 21.9 Å². The number of thiophene rings is 1. The van der Waals surface area contributed by atoms with E-state index in [2.05, 4.69) is 5.32 Å². The van der Waals surface area contributed by atoms with E-state index in [1.165, 1.54) is 0 Å². The Morgan fingerprint density at radius 1 is 1.67 bits per heavy atom. The second-order valence-electron chi connectivity index (χ2n) is 4.85. The Morgan fingerprint density at radius 2 is 2.44 bits per heavy atom. The molecule has 0 aromatic carbocycles. The maximum Gasteiger partial charge on any atom is 0.235 e. The lowest BCUT2D eigenvalue weighted by Gasteiger charge is -2.42. The Hall–Kier alpha value is -0.580. The van der Waals surface area contributed by atoms with Crippen LogP contribution in [0.1, 0.15) is 36.1 Å². The highest BCUT2D eigenvalue weighted by Gasteiger charge is 2.44. The number of hydrogen-bond donors (Lipinski definition) is 2. The molecule has 0 radical (unpaired) electrons. The smallest absolute Gasteiger partial charge is 0.235 e. The van der Waals surface area contributed by atoms with Gasteiger partial charge in [0.1, 0.15) is 11.4 Å². The number of carbonyl (C=O) groups excluding carboxylic acids is 1. The molecule has 2 rings (SSSR count). The Balaban J connectivity index is 2.39. The van der Waals surface area contributed by atoms with E-state index in [1.54, 1.807) is 11.3 Å². The number of aryl methyl sites for hydroxylation is 1. The van der Waals surface area contributed by atoms with E-state index >= 15 is 0 Å². The number of carbonyl (C=O) groups is 1. The fourth-order valence-corrected chi connectivity index (χ4v) is 3.96. The van der Waals surface area contributed by atoms with Gasteiger partial charge in [-0.1, -0.05) is 12.8 Å². The van der Waals surface area contributed by atoms with E-state index in [0.717, 1.165) is 36.1 Å². The zero-order chi connectivity index (χ0) is 13.2. The highest BCUT2D eigenvalue weighted by molar-refractivity contribution is 7.10. The predicted octanol–water partition coefficient (Wildman–Crippen LogP) is 2.54. The van der Waals surface area contributed by atoms with Gasteiger partial charge >= 0.3 is 0 Å². The lowest BCUT2D eigenvalue weighted by atomic mass is 9.77. The molecule has 0 saturated heterocycles. The van der Waals surface area contributed by atoms with Gasteiger partial charge in [-0.05, 0) is 36.8 Å². The number of alkyl halides is 1. The number of hydrogen-bond acceptors (Lipinski definition) is 3. The minimum Gasteiger partial charge on any atom is -0.390 e. The molecule has 1 aliphatic carbocycles. The van der Waals surface area contributed by atoms with E-state index in [0.29, 0.717) is 0 Å². The van der Waals surface area contributed by atoms with Crippen molar-refractivity contribution in [2.24, 2.45) is 0 Å². The van der Waals surface area contributed by atoms with Crippen LogP contribution in [-0.4, -0.2) is 23.0 Å². The average Bonchev–Trinajstić information content (AvgIpc) is 2.79. The molecule has 1 fully saturated rings. The minimum absolute atomic E-state index is 0.0705. The first-order valence-electron chi connectivity index (χ1n) is 6.20. The first-order chi connectivity index (χ1) is 8.60. The van der Waals surface area contributed by atoms with Crippen LogP contribution >= 0.6 is 22.9 Å². The Labute approximate surface area is 116 Å². The van der Waals surface area contributed by atoms with E-state index in [4.69, 9.17) is 11.6 Å². The first-order valence-corrected chi connectivity index (χ1v) is 7.61. The van der Waals surface area contributed by atoms with Crippen LogP contribution in [0.5, 0.6) is 0 Å². The number of halogens is 1. The van der Waals surface area contributed by atoms with E-state index in [1.807, 2.05) is 18.4 Å². The Kier molecular flexibility index (Phi) is 4.30. The zero-order valence-electron chi connectivity index (χ0n) is 10.4. The van der Waals surface area contributed by atoms with Gasteiger partial charge in [-0.15, -0.1) is 22.9 Å². The summed E-state index contributed by atoms with van der Waals surface area (Å²) < 4.78 is 0. The molecule has 1 heterocycles. The molecular formula is C13H18ClNO2S. The Bertz CT molecular complexity index is 434. The molecule has 1 aromatic rings. The molecule has 2 atom stereocenters. The number of nitrogens with one attached hydrogen (secondary N) is 1. The molecule has 1 aliphatic rings. The molecule has 5 heteroatoms. The summed E-state index contributed by atoms with van der Waals surface area (Å²) in [5.74, 6) is -0.288. The van der Waals surface area contributed by atoms with Crippen molar-refractivity contribution in [3.63, 3.8) is 0 Å². The fraction of sp³-hybridized carbons (Fsp3) is 0.615. The van der Waals surface area contributed by atoms with Crippen molar-refractivity contribution >= 4 is 28.8 Å². The molecule has 2 N–H and O–H groups in total. The molecule has 0 bridgehead atoms. The van der Waals surface area contributed by atoms with Gasteiger partial charge in [0.2, 0.25) is 5.91 Å². The van der Waals surface area contributed by atoms with Crippen molar-refractivity contribution in [2.75, 3.05) is 5.88 Å². The second-order valence-corrected chi connectivity index (χ2v) is 6.03. The molecule has 0 unspecified atom stereocenters. The summed E-state index contributed by atoms with van der Waals surface area (Å²) >= 11 is 7.19. The molecule has 18 heavy (non-hydrogen) atoms. The monoisotopic (exact) mass is 287 g/mol. The predicted molar refractivity (Wildman–Crippen MR) is 74.1 cm³/mol. The molecule has 1 saturated carbocycles. The summed E-state index contributed by atoms with van der Waals surface area (Å²) in [5.41, 5.74) is 0.485. The summed E-state index contributed by atoms with van der Waals surface area (Å²) in [6.07, 6.45) is 2.98. The third-order valence-electron chi connectivity index (χ3n) is 3.62. The maximum absolute atomic E-state index is 11.7. The number of aliphatic hydroxyl groups is 1. The van der Waals surface area contributed by atoms with Crippen LogP contribution in [0.2, 0.25) is 0 Å². The molecule has 0 spiro atoms. The highest BCUT2D eigenvalue weighted by Crippen LogP contribution is 2.41. The van der Waals surface area contributed by atoms with E-state index in [9.17, 15) is 9.90 Å². The summed E-state index contributed by atoms with van der Waals surface area (Å²) in [6, 6.07) is 2.02. The van der Waals surface area contributed by atoms with Gasteiger partial charge in [-0.25, -0.2) is 0 Å². The van der Waals surface area contributed by atoms with Crippen molar-refractivity contribution in [3.8, 4) is 0 Å². The number of amides is 1. The van der Waals surface area contributed by atoms with Crippen LogP contribution in [0.25, 0.3) is 0 Å². The maximum atomic E-state index is 11.7. The lowest BCUT2D eigenvalue weighted by Crippen LogP contribution is -2.55. The molecule has 0 aliphatic heterocycles. The van der Waals surface area contributed by atoms with Crippen molar-refractivity contribution in [1.82, 2.24) is 5.32 Å². The lowest BCUT2D eigenvalue weighted by molar-refractivity contribution is -0.123. The third-order valence-corrected chi connectivity index (χ3v) is 5.06. The second kappa shape index (κ2) is 5.59. The summed E-state index contributed by atoms with van der Waals surface area (Å²) in [5, 5.41) is 15.4. The number of rotatable bonds is 3. The quantitative estimate of drug-likeness (QED) is 0.840. The van der Waals surface area contributed by atoms with Crippen LogP contribution in [-0.2, 0) is 10.3 Å². The molecule has 3 nitrogen and oxygen atoms in total. The van der Waals surface area contributed by atoms with Gasteiger partial charge in [-0.3, -0.25) is 4.79 Å². The normalized spacial score (nSPS) is 28.1. The van der Waals surface area contributed by atoms with Gasteiger partial charge < -0.3 is 10.4 Å². The van der Waals surface area contributed by atoms with Crippen LogP contribution in [0.15, 0.2) is 11.4 Å². The van der Waals surface area contributed by atoms with Crippen molar-refractivity contribution in [2.45, 2.75) is 44.2 Å². The van der Waals surface area contributed by atoms with Gasteiger partial charge in [0.25, 0.3) is 0 Å². The van der Waals surface area contributed by atoms with Crippen LogP contribution in [0, 0.1) is 6.92 Å². The van der Waals surface area contributed by atoms with Crippen molar-refractivity contribution < 1.29 is 9.90 Å². The van der Waals surface area contributed by atoms with Gasteiger partial charge in [0, 0.05) is 4.88 Å². The summed E-state index contributed by atoms with van der Waals surface area (Å²) in [4.78, 5) is 12.8. The van der Waals surface area contributed by atoms with Gasteiger partial charge in [0.15, 0.2) is 0 Å². The number of aliphatic hydroxyl groups excluding tert-OH is 1. The fourth-order valence-electron chi connectivity index (χ4n) is 2.73. The summed E-state index contributed by atoms with van der Waals surface area (Å²) in [6.45, 7) is 2.02. The standard InChI is InChI=1S/C13H18ClNO2S/c1-9-5-7-18-12(9)13(15-11(17)8-14)6-3-2-4-10(13)16/h5,7,10,16H,2-4,6,8H2,1H3,(H,15,17)/t10-,13+/m1/s1. The van der Waals surface area contributed by atoms with Crippen molar-refractivity contribution in [1.29, 1.82) is 0 Å². The topological polar surface area (TPSA) is 49.3 Å². The molecule has 1 aromatic heterocycles. The van der Waals surface area contributed by atoms with E-state index < -0.39 is 11.6 Å². The third kappa shape index (κ3) is 2.42. The van der Waals surface area contributed by atoms with Crippen LogP contribution in [0.3, 0.4) is 0 Å². The molecular weight excluding hydrogens is 270 g/mol. The first kappa shape index (κ1) is 13.8. The van der Waals surface area contributed by atoms with Crippen LogP contribution in [0.4, 0.5) is 0 Å². The largest absolute Gasteiger partial charge is 0.390 e. The molecule has 1 amide bonds. The minimum atomic E-state index is -0.636. The zero-order valence-corrected chi connectivity index (χ0v) is 12.0. The summed E-state index contributed by atoms with van der Waals surface area (Å²) in [7, 11) is 0. The van der Waals surface area contributed by atoms with Gasteiger partial charge in [-0.2, -0.15) is 0 Å². The molecule has 100 valence electrons. The van der Waals surface area contributed by atoms with Gasteiger partial charge in [0.05, 0.1) is 6.10 Å². The SMILES string of the molecule is Cc1ccsc1[C@]1(NC(=O)CCl)CCCC[C@H]1O. The average molecular weight is 288 g/mol.